The zero-order valence-corrected chi connectivity index (χ0v) is 13.9. The maximum Gasteiger partial charge on any atom is 0.259 e. The summed E-state index contributed by atoms with van der Waals surface area (Å²) in [5, 5.41) is 4.83. The number of amides is 1. The Balaban J connectivity index is 1.51. The first-order valence-electron chi connectivity index (χ1n) is 7.87. The second kappa shape index (κ2) is 5.46. The summed E-state index contributed by atoms with van der Waals surface area (Å²) >= 11 is 1.49. The van der Waals surface area contributed by atoms with Gasteiger partial charge in [0, 0.05) is 28.7 Å². The Kier molecular flexibility index (Phi) is 3.11. The van der Waals surface area contributed by atoms with Gasteiger partial charge < -0.3 is 4.90 Å². The number of benzene rings is 2. The lowest BCUT2D eigenvalue weighted by atomic mass is 10.1. The fourth-order valence-electron chi connectivity index (χ4n) is 3.19. The zero-order valence-electron chi connectivity index (χ0n) is 13.1. The molecule has 1 amide bonds. The number of nitrogens with zero attached hydrogens (tertiary/aromatic N) is 4. The van der Waals surface area contributed by atoms with E-state index in [-0.39, 0.29) is 5.91 Å². The quantitative estimate of drug-likeness (QED) is 0.565. The third-order valence-electron chi connectivity index (χ3n) is 4.28. The fourth-order valence-corrected chi connectivity index (χ4v) is 3.95. The Bertz CT molecular complexity index is 1100. The number of carbonyl (C=O) groups is 1. The van der Waals surface area contributed by atoms with Crippen LogP contribution in [0.5, 0.6) is 0 Å². The first kappa shape index (κ1) is 14.2. The molecule has 0 fully saturated rings. The van der Waals surface area contributed by atoms with Crippen LogP contribution in [0.15, 0.2) is 60.2 Å². The van der Waals surface area contributed by atoms with Crippen LogP contribution in [0.3, 0.4) is 0 Å². The van der Waals surface area contributed by atoms with Gasteiger partial charge in [-0.25, -0.2) is 15.0 Å². The van der Waals surface area contributed by atoms with Crippen LogP contribution >= 0.6 is 11.3 Å². The van der Waals surface area contributed by atoms with Gasteiger partial charge in [0.25, 0.3) is 5.91 Å². The van der Waals surface area contributed by atoms with Crippen molar-refractivity contribution >= 4 is 33.7 Å². The summed E-state index contributed by atoms with van der Waals surface area (Å²) in [7, 11) is 0. The van der Waals surface area contributed by atoms with Crippen LogP contribution in [0.4, 0.5) is 5.69 Å². The molecule has 0 atom stereocenters. The molecular weight excluding hydrogens is 332 g/mol. The predicted molar refractivity (Wildman–Crippen MR) is 97.6 cm³/mol. The summed E-state index contributed by atoms with van der Waals surface area (Å²) in [4.78, 5) is 27.7. The monoisotopic (exact) mass is 344 g/mol. The van der Waals surface area contributed by atoms with Crippen molar-refractivity contribution in [3.8, 4) is 10.8 Å². The van der Waals surface area contributed by atoms with Gasteiger partial charge in [-0.05, 0) is 23.6 Å². The third kappa shape index (κ3) is 2.22. The van der Waals surface area contributed by atoms with E-state index in [0.29, 0.717) is 12.4 Å². The molecule has 5 rings (SSSR count). The van der Waals surface area contributed by atoms with E-state index >= 15 is 0 Å². The van der Waals surface area contributed by atoms with E-state index in [4.69, 9.17) is 0 Å². The van der Waals surface area contributed by atoms with Crippen molar-refractivity contribution in [3.63, 3.8) is 0 Å². The van der Waals surface area contributed by atoms with Crippen LogP contribution in [0.2, 0.25) is 0 Å². The Morgan fingerprint density at radius 3 is 2.64 bits per heavy atom. The third-order valence-corrected chi connectivity index (χ3v) is 5.17. The van der Waals surface area contributed by atoms with E-state index < -0.39 is 0 Å². The van der Waals surface area contributed by atoms with Gasteiger partial charge in [-0.2, -0.15) is 0 Å². The van der Waals surface area contributed by atoms with Gasteiger partial charge >= 0.3 is 0 Å². The molecule has 1 aliphatic rings. The Hall–Kier alpha value is -3.12. The second-order valence-electron chi connectivity index (χ2n) is 5.79. The van der Waals surface area contributed by atoms with Crippen molar-refractivity contribution in [1.82, 2.24) is 15.0 Å². The molecule has 2 aromatic carbocycles. The molecule has 0 aliphatic carbocycles. The standard InChI is InChI=1S/C19H12N4OS/c24-19-14-6-1-4-12-5-2-7-15(16(12)14)23(19)10-13-11-25-18(22-13)17-20-8-3-9-21-17/h1-9,11H,10H2. The highest BCUT2D eigenvalue weighted by Crippen LogP contribution is 2.38. The molecule has 0 N–H and O–H groups in total. The van der Waals surface area contributed by atoms with Crippen LogP contribution in [-0.4, -0.2) is 20.9 Å². The summed E-state index contributed by atoms with van der Waals surface area (Å²) in [5.74, 6) is 0.634. The van der Waals surface area contributed by atoms with Gasteiger partial charge in [0.05, 0.1) is 17.9 Å². The number of hydrogen-bond donors (Lipinski definition) is 0. The molecule has 120 valence electrons. The molecule has 0 saturated heterocycles. The van der Waals surface area contributed by atoms with E-state index in [1.54, 1.807) is 23.4 Å². The highest BCUT2D eigenvalue weighted by molar-refractivity contribution is 7.13. The van der Waals surface area contributed by atoms with Crippen molar-refractivity contribution < 1.29 is 4.79 Å². The molecule has 5 nitrogen and oxygen atoms in total. The molecule has 0 saturated carbocycles. The van der Waals surface area contributed by atoms with E-state index in [2.05, 4.69) is 15.0 Å². The molecule has 0 unspecified atom stereocenters. The Morgan fingerprint density at radius 2 is 1.80 bits per heavy atom. The summed E-state index contributed by atoms with van der Waals surface area (Å²) in [6, 6.07) is 13.6. The minimum Gasteiger partial charge on any atom is -0.302 e. The van der Waals surface area contributed by atoms with Gasteiger partial charge in [0.2, 0.25) is 0 Å². The molecule has 3 heterocycles. The summed E-state index contributed by atoms with van der Waals surface area (Å²) in [5.41, 5.74) is 2.55. The Morgan fingerprint density at radius 1 is 1.00 bits per heavy atom. The van der Waals surface area contributed by atoms with Gasteiger partial charge in [-0.3, -0.25) is 4.79 Å². The number of aromatic nitrogens is 3. The van der Waals surface area contributed by atoms with Crippen LogP contribution < -0.4 is 4.90 Å². The first-order chi connectivity index (χ1) is 12.3. The highest BCUT2D eigenvalue weighted by atomic mass is 32.1. The summed E-state index contributed by atoms with van der Waals surface area (Å²) in [6.45, 7) is 0.440. The van der Waals surface area contributed by atoms with Crippen molar-refractivity contribution in [2.45, 2.75) is 6.54 Å². The second-order valence-corrected chi connectivity index (χ2v) is 6.65. The smallest absolute Gasteiger partial charge is 0.259 e. The number of anilines is 1. The number of carbonyl (C=O) groups excluding carboxylic acids is 1. The molecule has 0 bridgehead atoms. The lowest BCUT2D eigenvalue weighted by molar-refractivity contribution is 0.0991. The normalized spacial score (nSPS) is 13.0. The van der Waals surface area contributed by atoms with Crippen LogP contribution in [0, 0.1) is 0 Å². The van der Waals surface area contributed by atoms with Crippen molar-refractivity contribution in [3.05, 3.63) is 71.5 Å². The van der Waals surface area contributed by atoms with Crippen molar-refractivity contribution in [1.29, 1.82) is 0 Å². The van der Waals surface area contributed by atoms with Crippen LogP contribution in [-0.2, 0) is 6.54 Å². The van der Waals surface area contributed by atoms with E-state index in [9.17, 15) is 4.79 Å². The number of thiazole rings is 1. The number of rotatable bonds is 3. The number of hydrogen-bond acceptors (Lipinski definition) is 5. The lowest BCUT2D eigenvalue weighted by Crippen LogP contribution is -2.26. The molecule has 0 radical (unpaired) electrons. The Labute approximate surface area is 147 Å². The van der Waals surface area contributed by atoms with Gasteiger partial charge in [-0.15, -0.1) is 11.3 Å². The lowest BCUT2D eigenvalue weighted by Gasteiger charge is -2.16. The molecule has 6 heteroatoms. The van der Waals surface area contributed by atoms with E-state index in [1.165, 1.54) is 11.3 Å². The maximum absolute atomic E-state index is 12.8. The molecule has 0 spiro atoms. The van der Waals surface area contributed by atoms with Crippen molar-refractivity contribution in [2.75, 3.05) is 4.90 Å². The molecular formula is C19H12N4OS. The van der Waals surface area contributed by atoms with Gasteiger partial charge in [0.1, 0.15) is 0 Å². The van der Waals surface area contributed by atoms with Gasteiger partial charge in [0.15, 0.2) is 10.8 Å². The van der Waals surface area contributed by atoms with E-state index in [1.807, 2.05) is 41.8 Å². The minimum atomic E-state index is 0.0253. The predicted octanol–water partition coefficient (Wildman–Crippen LogP) is 3.91. The summed E-state index contributed by atoms with van der Waals surface area (Å²) < 4.78 is 0. The fraction of sp³-hybridized carbons (Fsp3) is 0.0526. The van der Waals surface area contributed by atoms with Crippen LogP contribution in [0.1, 0.15) is 16.1 Å². The molecule has 4 aromatic rings. The average molecular weight is 344 g/mol. The highest BCUT2D eigenvalue weighted by Gasteiger charge is 2.30. The maximum atomic E-state index is 12.8. The van der Waals surface area contributed by atoms with E-state index in [0.717, 1.165) is 32.7 Å². The molecule has 25 heavy (non-hydrogen) atoms. The minimum absolute atomic E-state index is 0.0253. The largest absolute Gasteiger partial charge is 0.302 e. The first-order valence-corrected chi connectivity index (χ1v) is 8.74. The summed E-state index contributed by atoms with van der Waals surface area (Å²) in [6.07, 6.45) is 3.40. The topological polar surface area (TPSA) is 59.0 Å². The zero-order chi connectivity index (χ0) is 16.8. The molecule has 2 aromatic heterocycles. The average Bonchev–Trinajstić information content (AvgIpc) is 3.23. The van der Waals surface area contributed by atoms with Crippen molar-refractivity contribution in [2.24, 2.45) is 0 Å². The van der Waals surface area contributed by atoms with Crippen LogP contribution in [0.25, 0.3) is 21.6 Å². The molecule has 1 aliphatic heterocycles. The SMILES string of the molecule is O=C1c2cccc3cccc(c23)N1Cc1csc(-c2ncccn2)n1. The van der Waals surface area contributed by atoms with Gasteiger partial charge in [-0.1, -0.05) is 24.3 Å².